The van der Waals surface area contributed by atoms with Crippen LogP contribution in [0.15, 0.2) is 70.8 Å². The molecule has 2 aromatic carbocycles. The van der Waals surface area contributed by atoms with Crippen LogP contribution in [0.25, 0.3) is 17.4 Å². The van der Waals surface area contributed by atoms with E-state index >= 15 is 0 Å². The van der Waals surface area contributed by atoms with Crippen LogP contribution in [0, 0.1) is 0 Å². The number of urea groups is 1. The molecule has 0 atom stereocenters. The van der Waals surface area contributed by atoms with Crippen molar-refractivity contribution in [1.82, 2.24) is 10.2 Å². The fourth-order valence-electron chi connectivity index (χ4n) is 2.93. The lowest BCUT2D eigenvalue weighted by Crippen LogP contribution is -2.38. The fourth-order valence-corrected chi connectivity index (χ4v) is 3.19. The highest BCUT2D eigenvalue weighted by molar-refractivity contribution is 6.31. The summed E-state index contributed by atoms with van der Waals surface area (Å²) in [6.07, 6.45) is 1.41. The number of benzene rings is 2. The number of carbonyl (C=O) groups excluding carboxylic acids is 3. The summed E-state index contributed by atoms with van der Waals surface area (Å²) < 4.78 is 5.73. The standard InChI is InChI=1S/C22H15Cl2N3O4/c23-14-3-1-13(2-4-14)19-10-9-17(31-19)11-18-21(29)27(22(30)26-18)12-20(28)25-16-7-5-15(24)6-8-16/h1-11H,12H2,(H,25,28)(H,26,30). The molecule has 31 heavy (non-hydrogen) atoms. The number of amides is 4. The van der Waals surface area contributed by atoms with Crippen molar-refractivity contribution in [2.24, 2.45) is 0 Å². The molecule has 0 radical (unpaired) electrons. The first-order chi connectivity index (χ1) is 14.9. The Morgan fingerprint density at radius 3 is 2.29 bits per heavy atom. The molecule has 1 aliphatic heterocycles. The lowest BCUT2D eigenvalue weighted by molar-refractivity contribution is -0.127. The Kier molecular flexibility index (Phi) is 5.79. The maximum Gasteiger partial charge on any atom is 0.329 e. The van der Waals surface area contributed by atoms with Crippen molar-refractivity contribution >= 4 is 52.8 Å². The molecule has 0 saturated carbocycles. The molecule has 9 heteroatoms. The zero-order valence-electron chi connectivity index (χ0n) is 15.9. The first kappa shape index (κ1) is 20.7. The number of rotatable bonds is 5. The molecule has 1 aliphatic rings. The van der Waals surface area contributed by atoms with E-state index in [1.165, 1.54) is 6.08 Å². The molecule has 0 bridgehead atoms. The van der Waals surface area contributed by atoms with Gasteiger partial charge in [-0.1, -0.05) is 23.2 Å². The summed E-state index contributed by atoms with van der Waals surface area (Å²) in [4.78, 5) is 37.8. The van der Waals surface area contributed by atoms with Gasteiger partial charge in [-0.3, -0.25) is 9.59 Å². The highest BCUT2D eigenvalue weighted by atomic mass is 35.5. The molecular formula is C22H15Cl2N3O4. The van der Waals surface area contributed by atoms with Crippen LogP contribution >= 0.6 is 23.2 Å². The van der Waals surface area contributed by atoms with Crippen LogP contribution in [-0.2, 0) is 9.59 Å². The van der Waals surface area contributed by atoms with E-state index in [0.717, 1.165) is 10.5 Å². The third-order valence-electron chi connectivity index (χ3n) is 4.43. The molecule has 0 aliphatic carbocycles. The van der Waals surface area contributed by atoms with Gasteiger partial charge in [-0.15, -0.1) is 0 Å². The predicted octanol–water partition coefficient (Wildman–Crippen LogP) is 4.78. The lowest BCUT2D eigenvalue weighted by atomic mass is 10.2. The molecule has 1 saturated heterocycles. The van der Waals surface area contributed by atoms with Crippen LogP contribution in [0.3, 0.4) is 0 Å². The number of anilines is 1. The Labute approximate surface area is 187 Å². The van der Waals surface area contributed by atoms with Crippen LogP contribution in [0.5, 0.6) is 0 Å². The average Bonchev–Trinajstić information content (AvgIpc) is 3.31. The number of nitrogens with one attached hydrogen (secondary N) is 2. The number of hydrogen-bond acceptors (Lipinski definition) is 4. The zero-order chi connectivity index (χ0) is 22.0. The van der Waals surface area contributed by atoms with Crippen molar-refractivity contribution < 1.29 is 18.8 Å². The van der Waals surface area contributed by atoms with Gasteiger partial charge in [-0.25, -0.2) is 9.69 Å². The second-order valence-corrected chi connectivity index (χ2v) is 7.52. The van der Waals surface area contributed by atoms with Crippen LogP contribution in [-0.4, -0.2) is 29.3 Å². The fraction of sp³-hybridized carbons (Fsp3) is 0.0455. The lowest BCUT2D eigenvalue weighted by Gasteiger charge is -2.11. The van der Waals surface area contributed by atoms with Crippen molar-refractivity contribution in [2.75, 3.05) is 11.9 Å². The SMILES string of the molecule is O=C(CN1C(=O)NC(=Cc2ccc(-c3ccc(Cl)cc3)o2)C1=O)Nc1ccc(Cl)cc1. The first-order valence-electron chi connectivity index (χ1n) is 9.15. The Hall–Kier alpha value is -3.55. The van der Waals surface area contributed by atoms with Crippen molar-refractivity contribution in [3.63, 3.8) is 0 Å². The van der Waals surface area contributed by atoms with Crippen LogP contribution in [0.1, 0.15) is 5.76 Å². The van der Waals surface area contributed by atoms with Gasteiger partial charge in [-0.05, 0) is 60.7 Å². The summed E-state index contributed by atoms with van der Waals surface area (Å²) in [7, 11) is 0. The van der Waals surface area contributed by atoms with Gasteiger partial charge in [0.25, 0.3) is 5.91 Å². The van der Waals surface area contributed by atoms with Gasteiger partial charge in [0.1, 0.15) is 23.8 Å². The summed E-state index contributed by atoms with van der Waals surface area (Å²) >= 11 is 11.7. The normalized spacial score (nSPS) is 14.8. The smallest absolute Gasteiger partial charge is 0.329 e. The molecule has 3 aromatic rings. The van der Waals surface area contributed by atoms with E-state index in [9.17, 15) is 14.4 Å². The maximum absolute atomic E-state index is 12.6. The monoisotopic (exact) mass is 455 g/mol. The molecule has 2 N–H and O–H groups in total. The van der Waals surface area contributed by atoms with Crippen molar-refractivity contribution in [3.8, 4) is 11.3 Å². The van der Waals surface area contributed by atoms with Gasteiger partial charge in [0.05, 0.1) is 0 Å². The van der Waals surface area contributed by atoms with Gasteiger partial charge in [0.2, 0.25) is 5.91 Å². The highest BCUT2D eigenvalue weighted by Crippen LogP contribution is 2.25. The average molecular weight is 456 g/mol. The summed E-state index contributed by atoms with van der Waals surface area (Å²) in [5.74, 6) is -0.184. The minimum Gasteiger partial charge on any atom is -0.457 e. The molecule has 2 heterocycles. The van der Waals surface area contributed by atoms with Crippen LogP contribution in [0.2, 0.25) is 10.0 Å². The maximum atomic E-state index is 12.6. The number of imide groups is 1. The number of furan rings is 1. The third kappa shape index (κ3) is 4.79. The Balaban J connectivity index is 1.44. The third-order valence-corrected chi connectivity index (χ3v) is 4.94. The molecule has 156 valence electrons. The molecule has 1 fully saturated rings. The zero-order valence-corrected chi connectivity index (χ0v) is 17.4. The van der Waals surface area contributed by atoms with E-state index in [1.54, 1.807) is 48.5 Å². The second kappa shape index (κ2) is 8.67. The van der Waals surface area contributed by atoms with E-state index < -0.39 is 24.4 Å². The number of carbonyl (C=O) groups is 3. The molecule has 1 aromatic heterocycles. The summed E-state index contributed by atoms with van der Waals surface area (Å²) in [6, 6.07) is 16.3. The van der Waals surface area contributed by atoms with E-state index in [2.05, 4.69) is 10.6 Å². The molecule has 7 nitrogen and oxygen atoms in total. The summed E-state index contributed by atoms with van der Waals surface area (Å²) in [6.45, 7) is -0.432. The Bertz CT molecular complexity index is 1180. The largest absolute Gasteiger partial charge is 0.457 e. The van der Waals surface area contributed by atoms with E-state index in [0.29, 0.717) is 27.3 Å². The van der Waals surface area contributed by atoms with Crippen LogP contribution in [0.4, 0.5) is 10.5 Å². The second-order valence-electron chi connectivity index (χ2n) is 6.64. The first-order valence-corrected chi connectivity index (χ1v) is 9.90. The van der Waals surface area contributed by atoms with Gasteiger partial charge < -0.3 is 15.1 Å². The number of nitrogens with zero attached hydrogens (tertiary/aromatic N) is 1. The van der Waals surface area contributed by atoms with Crippen molar-refractivity contribution in [1.29, 1.82) is 0 Å². The van der Waals surface area contributed by atoms with Crippen LogP contribution < -0.4 is 10.6 Å². The van der Waals surface area contributed by atoms with Crippen molar-refractivity contribution in [2.45, 2.75) is 0 Å². The Morgan fingerprint density at radius 1 is 0.968 bits per heavy atom. The molecule has 0 spiro atoms. The van der Waals surface area contributed by atoms with Gasteiger partial charge in [0.15, 0.2) is 0 Å². The highest BCUT2D eigenvalue weighted by Gasteiger charge is 2.35. The predicted molar refractivity (Wildman–Crippen MR) is 117 cm³/mol. The number of hydrogen-bond donors (Lipinski definition) is 2. The molecule has 4 amide bonds. The van der Waals surface area contributed by atoms with Crippen molar-refractivity contribution in [3.05, 3.63) is 82.2 Å². The van der Waals surface area contributed by atoms with E-state index in [1.807, 2.05) is 12.1 Å². The van der Waals surface area contributed by atoms with Gasteiger partial charge >= 0.3 is 6.03 Å². The topological polar surface area (TPSA) is 91.7 Å². The minimum absolute atomic E-state index is 0.0151. The van der Waals surface area contributed by atoms with E-state index in [4.69, 9.17) is 27.6 Å². The quantitative estimate of drug-likeness (QED) is 0.427. The molecular weight excluding hydrogens is 441 g/mol. The van der Waals surface area contributed by atoms with Gasteiger partial charge in [-0.2, -0.15) is 0 Å². The summed E-state index contributed by atoms with van der Waals surface area (Å²) in [5, 5.41) is 6.20. The minimum atomic E-state index is -0.688. The number of halogens is 2. The molecule has 4 rings (SSSR count). The Morgan fingerprint density at radius 2 is 1.61 bits per heavy atom. The molecule has 0 unspecified atom stereocenters. The van der Waals surface area contributed by atoms with Gasteiger partial charge in [0, 0.05) is 27.4 Å². The summed E-state index contributed by atoms with van der Waals surface area (Å²) in [5.41, 5.74) is 1.33. The van der Waals surface area contributed by atoms with E-state index in [-0.39, 0.29) is 5.70 Å².